The molecule has 7 nitrogen and oxygen atoms in total. The number of carbonyl (C=O) groups is 1. The number of likely N-dealkylation sites (tertiary alicyclic amines) is 1. The fraction of sp³-hybridized carbons (Fsp3) is 0.481. The third kappa shape index (κ3) is 5.36. The number of hydrazone groups is 1. The van der Waals surface area contributed by atoms with E-state index in [0.29, 0.717) is 25.3 Å². The summed E-state index contributed by atoms with van der Waals surface area (Å²) >= 11 is 0. The molecule has 34 heavy (non-hydrogen) atoms. The Bertz CT molecular complexity index is 1010. The third-order valence-corrected chi connectivity index (χ3v) is 6.70. The van der Waals surface area contributed by atoms with E-state index in [1.165, 1.54) is 0 Å². The first-order valence-electron chi connectivity index (χ1n) is 12.1. The molecule has 2 aliphatic rings. The minimum Gasteiger partial charge on any atom is -0.497 e. The van der Waals surface area contributed by atoms with Gasteiger partial charge in [0.05, 0.1) is 39.1 Å². The zero-order chi connectivity index (χ0) is 24.1. The summed E-state index contributed by atoms with van der Waals surface area (Å²) in [6, 6.07) is 13.5. The number of ether oxygens (including phenoxy) is 3. The average Bonchev–Trinajstić information content (AvgIpc) is 3.31. The molecule has 2 heterocycles. The van der Waals surface area contributed by atoms with Gasteiger partial charge >= 0.3 is 0 Å². The Morgan fingerprint density at radius 1 is 1.03 bits per heavy atom. The van der Waals surface area contributed by atoms with Crippen LogP contribution < -0.4 is 14.2 Å². The maximum absolute atomic E-state index is 13.5. The smallest absolute Gasteiger partial charge is 0.257 e. The lowest BCUT2D eigenvalue weighted by atomic mass is 9.97. The van der Waals surface area contributed by atoms with Crippen LogP contribution in [0, 0.1) is 5.92 Å². The highest BCUT2D eigenvalue weighted by atomic mass is 16.5. The quantitative estimate of drug-likeness (QED) is 0.574. The predicted molar refractivity (Wildman–Crippen MR) is 133 cm³/mol. The van der Waals surface area contributed by atoms with Gasteiger partial charge in [-0.1, -0.05) is 19.1 Å². The second-order valence-corrected chi connectivity index (χ2v) is 9.03. The lowest BCUT2D eigenvalue weighted by Crippen LogP contribution is -2.41. The Kier molecular flexibility index (Phi) is 7.73. The SMILES string of the molecule is CCOc1ccc([C@@H]2CC(c3ccc(OC)cc3OC)=NN2C(=O)CN2CCC(C)CC2)cc1. The van der Waals surface area contributed by atoms with Gasteiger partial charge in [0.2, 0.25) is 0 Å². The van der Waals surface area contributed by atoms with E-state index in [-0.39, 0.29) is 11.9 Å². The number of rotatable bonds is 8. The average molecular weight is 466 g/mol. The van der Waals surface area contributed by atoms with E-state index in [0.717, 1.165) is 60.2 Å². The van der Waals surface area contributed by atoms with Crippen molar-refractivity contribution in [1.82, 2.24) is 9.91 Å². The molecule has 0 radical (unpaired) electrons. The molecule has 2 aromatic carbocycles. The van der Waals surface area contributed by atoms with Crippen LogP contribution in [-0.4, -0.2) is 62.0 Å². The van der Waals surface area contributed by atoms with Gasteiger partial charge in [-0.05, 0) is 68.6 Å². The van der Waals surface area contributed by atoms with Gasteiger partial charge < -0.3 is 14.2 Å². The van der Waals surface area contributed by atoms with Crippen molar-refractivity contribution in [1.29, 1.82) is 0 Å². The van der Waals surface area contributed by atoms with Crippen molar-refractivity contribution in [3.05, 3.63) is 53.6 Å². The van der Waals surface area contributed by atoms with E-state index >= 15 is 0 Å². The maximum Gasteiger partial charge on any atom is 0.257 e. The molecule has 0 bridgehead atoms. The van der Waals surface area contributed by atoms with Crippen molar-refractivity contribution in [2.45, 2.75) is 39.2 Å². The molecule has 1 fully saturated rings. The molecule has 0 unspecified atom stereocenters. The minimum atomic E-state index is -0.173. The molecule has 0 N–H and O–H groups in total. The summed E-state index contributed by atoms with van der Waals surface area (Å²) in [7, 11) is 3.27. The van der Waals surface area contributed by atoms with Crippen LogP contribution in [0.25, 0.3) is 0 Å². The molecule has 2 aromatic rings. The maximum atomic E-state index is 13.5. The first-order valence-corrected chi connectivity index (χ1v) is 12.1. The monoisotopic (exact) mass is 465 g/mol. The fourth-order valence-corrected chi connectivity index (χ4v) is 4.64. The van der Waals surface area contributed by atoms with Crippen molar-refractivity contribution >= 4 is 11.6 Å². The first-order chi connectivity index (χ1) is 16.5. The highest BCUT2D eigenvalue weighted by Gasteiger charge is 2.35. The molecule has 2 aliphatic heterocycles. The fourth-order valence-electron chi connectivity index (χ4n) is 4.64. The van der Waals surface area contributed by atoms with Crippen LogP contribution in [0.1, 0.15) is 50.3 Å². The Balaban J connectivity index is 1.61. The number of piperidine rings is 1. The molecule has 1 saturated heterocycles. The van der Waals surface area contributed by atoms with Gasteiger partial charge in [0, 0.05) is 18.1 Å². The van der Waals surface area contributed by atoms with Gasteiger partial charge in [0.25, 0.3) is 5.91 Å². The second-order valence-electron chi connectivity index (χ2n) is 9.03. The van der Waals surface area contributed by atoms with E-state index in [1.807, 2.05) is 49.4 Å². The van der Waals surface area contributed by atoms with Crippen LogP contribution in [0.5, 0.6) is 17.2 Å². The van der Waals surface area contributed by atoms with Gasteiger partial charge in [0.15, 0.2) is 0 Å². The molecular formula is C27H35N3O4. The Labute approximate surface area is 202 Å². The van der Waals surface area contributed by atoms with Crippen molar-refractivity contribution in [3.63, 3.8) is 0 Å². The molecule has 0 spiro atoms. The zero-order valence-corrected chi connectivity index (χ0v) is 20.6. The van der Waals surface area contributed by atoms with Gasteiger partial charge in [-0.15, -0.1) is 0 Å². The molecule has 4 rings (SSSR count). The molecule has 0 aliphatic carbocycles. The Hall–Kier alpha value is -3.06. The van der Waals surface area contributed by atoms with Crippen LogP contribution in [0.4, 0.5) is 0 Å². The van der Waals surface area contributed by atoms with Crippen LogP contribution in [-0.2, 0) is 4.79 Å². The largest absolute Gasteiger partial charge is 0.497 e. The number of hydrogen-bond donors (Lipinski definition) is 0. The number of hydrogen-bond acceptors (Lipinski definition) is 6. The van der Waals surface area contributed by atoms with Crippen LogP contribution in [0.15, 0.2) is 47.6 Å². The second kappa shape index (κ2) is 10.9. The topological polar surface area (TPSA) is 63.6 Å². The summed E-state index contributed by atoms with van der Waals surface area (Å²) in [4.78, 5) is 15.7. The van der Waals surface area contributed by atoms with Crippen LogP contribution >= 0.6 is 0 Å². The molecule has 7 heteroatoms. The van der Waals surface area contributed by atoms with Gasteiger partial charge in [0.1, 0.15) is 17.2 Å². The molecule has 0 saturated carbocycles. The molecule has 0 aromatic heterocycles. The summed E-state index contributed by atoms with van der Waals surface area (Å²) in [5, 5.41) is 6.51. The Morgan fingerprint density at radius 2 is 1.74 bits per heavy atom. The summed E-state index contributed by atoms with van der Waals surface area (Å²) in [6.07, 6.45) is 2.87. The highest BCUT2D eigenvalue weighted by Crippen LogP contribution is 2.37. The highest BCUT2D eigenvalue weighted by molar-refractivity contribution is 6.05. The van der Waals surface area contributed by atoms with Crippen LogP contribution in [0.2, 0.25) is 0 Å². The van der Waals surface area contributed by atoms with E-state index in [4.69, 9.17) is 19.3 Å². The van der Waals surface area contributed by atoms with Gasteiger partial charge in [-0.3, -0.25) is 9.69 Å². The zero-order valence-electron chi connectivity index (χ0n) is 20.6. The van der Waals surface area contributed by atoms with E-state index in [1.54, 1.807) is 19.2 Å². The molecule has 1 atom stereocenters. The predicted octanol–water partition coefficient (Wildman–Crippen LogP) is 4.51. The summed E-state index contributed by atoms with van der Waals surface area (Å²) in [5.74, 6) is 2.97. The molecule has 1 amide bonds. The van der Waals surface area contributed by atoms with Crippen molar-refractivity contribution in [2.24, 2.45) is 11.0 Å². The number of amides is 1. The van der Waals surface area contributed by atoms with Crippen LogP contribution in [0.3, 0.4) is 0 Å². The summed E-state index contributed by atoms with van der Waals surface area (Å²) in [5.41, 5.74) is 2.75. The summed E-state index contributed by atoms with van der Waals surface area (Å²) in [6.45, 7) is 7.16. The normalized spacial score (nSPS) is 19.1. The minimum absolute atomic E-state index is 0.0240. The van der Waals surface area contributed by atoms with Crippen molar-refractivity contribution < 1.29 is 19.0 Å². The molecular weight excluding hydrogens is 430 g/mol. The number of methoxy groups -OCH3 is 2. The van der Waals surface area contributed by atoms with E-state index < -0.39 is 0 Å². The number of benzene rings is 2. The third-order valence-electron chi connectivity index (χ3n) is 6.70. The van der Waals surface area contributed by atoms with E-state index in [9.17, 15) is 4.79 Å². The van der Waals surface area contributed by atoms with Gasteiger partial charge in [-0.25, -0.2) is 5.01 Å². The number of carbonyl (C=O) groups excluding carboxylic acids is 1. The van der Waals surface area contributed by atoms with E-state index in [2.05, 4.69) is 11.8 Å². The number of nitrogens with zero attached hydrogens (tertiary/aromatic N) is 3. The first kappa shape index (κ1) is 24.1. The van der Waals surface area contributed by atoms with Gasteiger partial charge in [-0.2, -0.15) is 5.10 Å². The lowest BCUT2D eigenvalue weighted by molar-refractivity contribution is -0.134. The Morgan fingerprint density at radius 3 is 2.38 bits per heavy atom. The lowest BCUT2D eigenvalue weighted by Gasteiger charge is -2.31. The summed E-state index contributed by atoms with van der Waals surface area (Å²) < 4.78 is 16.6. The standard InChI is InChI=1S/C27H35N3O4/c1-5-34-21-8-6-20(7-9-21)25-17-24(23-11-10-22(32-3)16-26(23)33-4)28-30(25)27(31)18-29-14-12-19(2)13-15-29/h6-11,16,19,25H,5,12-15,17-18H2,1-4H3/t25-/m0/s1. The van der Waals surface area contributed by atoms with Crippen molar-refractivity contribution in [2.75, 3.05) is 40.5 Å². The molecule has 182 valence electrons. The van der Waals surface area contributed by atoms with Crippen molar-refractivity contribution in [3.8, 4) is 17.2 Å².